The van der Waals surface area contributed by atoms with Crippen molar-refractivity contribution in [2.24, 2.45) is 5.73 Å². The molecule has 0 fully saturated rings. The average Bonchev–Trinajstić information content (AvgIpc) is 2.57. The SMILES string of the molecule is CCOC(=O)C1=C(C)OC(N)=C(C#N)C1c1cc(Br)cc(OCC)c1O. The standard InChI is InChI=1S/C18H19BrN2O5/c1-4-24-13-7-10(19)6-11(16(13)22)15-12(8-20)17(21)26-9(3)14(15)18(23)25-5-2/h6-7,15,22H,4-5,21H2,1-3H3. The molecule has 1 aromatic carbocycles. The number of phenols is 1. The molecule has 7 nitrogen and oxygen atoms in total. The van der Waals surface area contributed by atoms with E-state index in [0.717, 1.165) is 0 Å². The van der Waals surface area contributed by atoms with Crippen LogP contribution in [0.15, 0.2) is 39.4 Å². The van der Waals surface area contributed by atoms with Crippen molar-refractivity contribution in [1.29, 1.82) is 5.26 Å². The monoisotopic (exact) mass is 422 g/mol. The number of benzene rings is 1. The van der Waals surface area contributed by atoms with Gasteiger partial charge in [-0.05, 0) is 32.9 Å². The molecule has 1 heterocycles. The highest BCUT2D eigenvalue weighted by atomic mass is 79.9. The number of rotatable bonds is 5. The van der Waals surface area contributed by atoms with Crippen molar-refractivity contribution in [3.05, 3.63) is 45.0 Å². The van der Waals surface area contributed by atoms with E-state index in [2.05, 4.69) is 15.9 Å². The first-order valence-corrected chi connectivity index (χ1v) is 8.75. The lowest BCUT2D eigenvalue weighted by atomic mass is 9.82. The Labute approximate surface area is 159 Å². The van der Waals surface area contributed by atoms with Crippen molar-refractivity contribution >= 4 is 21.9 Å². The number of ether oxygens (including phenoxy) is 3. The van der Waals surface area contributed by atoms with Gasteiger partial charge in [0, 0.05) is 10.0 Å². The number of carbonyl (C=O) groups is 1. The summed E-state index contributed by atoms with van der Waals surface area (Å²) in [5, 5.41) is 20.3. The Hall–Kier alpha value is -2.66. The molecule has 138 valence electrons. The molecule has 0 saturated heterocycles. The molecule has 1 atom stereocenters. The maximum atomic E-state index is 12.5. The minimum absolute atomic E-state index is 0.00880. The second-order valence-electron chi connectivity index (χ2n) is 5.39. The van der Waals surface area contributed by atoms with Gasteiger partial charge in [-0.2, -0.15) is 5.26 Å². The summed E-state index contributed by atoms with van der Waals surface area (Å²) in [5.41, 5.74) is 6.25. The van der Waals surface area contributed by atoms with Crippen LogP contribution in [0.3, 0.4) is 0 Å². The van der Waals surface area contributed by atoms with E-state index in [4.69, 9.17) is 19.9 Å². The number of hydrogen-bond donors (Lipinski definition) is 2. The molecule has 0 aromatic heterocycles. The fourth-order valence-corrected chi connectivity index (χ4v) is 3.20. The normalized spacial score (nSPS) is 16.8. The Bertz CT molecular complexity index is 839. The Morgan fingerprint density at radius 1 is 1.42 bits per heavy atom. The van der Waals surface area contributed by atoms with Gasteiger partial charge in [0.25, 0.3) is 0 Å². The van der Waals surface area contributed by atoms with Crippen molar-refractivity contribution in [3.63, 3.8) is 0 Å². The van der Waals surface area contributed by atoms with Gasteiger partial charge in [0.15, 0.2) is 11.5 Å². The van der Waals surface area contributed by atoms with E-state index in [-0.39, 0.29) is 46.5 Å². The topological polar surface area (TPSA) is 115 Å². The van der Waals surface area contributed by atoms with Crippen LogP contribution in [-0.2, 0) is 14.3 Å². The van der Waals surface area contributed by atoms with Crippen molar-refractivity contribution in [3.8, 4) is 17.6 Å². The quantitative estimate of drug-likeness (QED) is 0.699. The highest BCUT2D eigenvalue weighted by molar-refractivity contribution is 9.10. The number of carbonyl (C=O) groups excluding carboxylic acids is 1. The van der Waals surface area contributed by atoms with Crippen LogP contribution in [0, 0.1) is 11.3 Å². The van der Waals surface area contributed by atoms with Gasteiger partial charge in [0.1, 0.15) is 17.4 Å². The average molecular weight is 423 g/mol. The lowest BCUT2D eigenvalue weighted by Crippen LogP contribution is -2.25. The Morgan fingerprint density at radius 2 is 2.12 bits per heavy atom. The fraction of sp³-hybridized carbons (Fsp3) is 0.333. The number of halogens is 1. The highest BCUT2D eigenvalue weighted by Gasteiger charge is 2.38. The van der Waals surface area contributed by atoms with Crippen molar-refractivity contribution in [2.75, 3.05) is 13.2 Å². The van der Waals surface area contributed by atoms with Crippen molar-refractivity contribution < 1.29 is 24.1 Å². The predicted molar refractivity (Wildman–Crippen MR) is 97.0 cm³/mol. The minimum atomic E-state index is -0.940. The lowest BCUT2D eigenvalue weighted by molar-refractivity contribution is -0.139. The van der Waals surface area contributed by atoms with Crippen LogP contribution < -0.4 is 10.5 Å². The van der Waals surface area contributed by atoms with Crippen LogP contribution in [0.25, 0.3) is 0 Å². The maximum Gasteiger partial charge on any atom is 0.338 e. The highest BCUT2D eigenvalue weighted by Crippen LogP contribution is 2.46. The molecule has 3 N–H and O–H groups in total. The van der Waals surface area contributed by atoms with E-state index in [0.29, 0.717) is 11.1 Å². The summed E-state index contributed by atoms with van der Waals surface area (Å²) in [6, 6.07) is 5.17. The molecule has 0 radical (unpaired) electrons. The lowest BCUT2D eigenvalue weighted by Gasteiger charge is -2.27. The molecule has 1 unspecified atom stereocenters. The number of nitrogens with two attached hydrogens (primary N) is 1. The summed E-state index contributed by atoms with van der Waals surface area (Å²) in [5.74, 6) is -1.46. The van der Waals surface area contributed by atoms with Gasteiger partial charge in [-0.3, -0.25) is 0 Å². The summed E-state index contributed by atoms with van der Waals surface area (Å²) in [7, 11) is 0. The molecule has 1 aliphatic heterocycles. The Balaban J connectivity index is 2.74. The number of aromatic hydroxyl groups is 1. The number of nitriles is 1. The largest absolute Gasteiger partial charge is 0.504 e. The third kappa shape index (κ3) is 3.63. The summed E-state index contributed by atoms with van der Waals surface area (Å²) >= 11 is 3.36. The van der Waals surface area contributed by atoms with E-state index in [1.807, 2.05) is 6.07 Å². The van der Waals surface area contributed by atoms with E-state index in [1.165, 1.54) is 0 Å². The van der Waals surface area contributed by atoms with Crippen LogP contribution >= 0.6 is 15.9 Å². The zero-order valence-electron chi connectivity index (χ0n) is 14.6. The first-order chi connectivity index (χ1) is 12.3. The van der Waals surface area contributed by atoms with Crippen LogP contribution in [0.4, 0.5) is 0 Å². The number of allylic oxidation sites excluding steroid dienone is 2. The summed E-state index contributed by atoms with van der Waals surface area (Å²) in [6.45, 7) is 5.49. The summed E-state index contributed by atoms with van der Waals surface area (Å²) < 4.78 is 16.5. The van der Waals surface area contributed by atoms with Gasteiger partial charge in [-0.15, -0.1) is 0 Å². The predicted octanol–water partition coefficient (Wildman–Crippen LogP) is 3.20. The molecular weight excluding hydrogens is 404 g/mol. The van der Waals surface area contributed by atoms with Gasteiger partial charge in [-0.1, -0.05) is 15.9 Å². The first-order valence-electron chi connectivity index (χ1n) is 7.96. The number of hydrogen-bond acceptors (Lipinski definition) is 7. The maximum absolute atomic E-state index is 12.5. The van der Waals surface area contributed by atoms with E-state index in [9.17, 15) is 15.2 Å². The van der Waals surface area contributed by atoms with E-state index in [1.54, 1.807) is 32.9 Å². The zero-order valence-corrected chi connectivity index (χ0v) is 16.2. The van der Waals surface area contributed by atoms with Crippen LogP contribution in [-0.4, -0.2) is 24.3 Å². The van der Waals surface area contributed by atoms with Crippen molar-refractivity contribution in [2.45, 2.75) is 26.7 Å². The van der Waals surface area contributed by atoms with Gasteiger partial charge < -0.3 is 25.1 Å². The van der Waals surface area contributed by atoms with Gasteiger partial charge in [0.05, 0.1) is 24.7 Å². The van der Waals surface area contributed by atoms with Gasteiger partial charge in [-0.25, -0.2) is 4.79 Å². The fourth-order valence-electron chi connectivity index (χ4n) is 2.75. The van der Waals surface area contributed by atoms with E-state index >= 15 is 0 Å². The number of phenolic OH excluding ortho intramolecular Hbond substituents is 1. The molecule has 26 heavy (non-hydrogen) atoms. The molecule has 0 spiro atoms. The zero-order chi connectivity index (χ0) is 19.4. The van der Waals surface area contributed by atoms with E-state index < -0.39 is 11.9 Å². The molecular formula is C18H19BrN2O5. The third-order valence-corrected chi connectivity index (χ3v) is 4.24. The third-order valence-electron chi connectivity index (χ3n) is 3.78. The minimum Gasteiger partial charge on any atom is -0.504 e. The molecule has 0 bridgehead atoms. The second-order valence-corrected chi connectivity index (χ2v) is 6.31. The molecule has 0 amide bonds. The van der Waals surface area contributed by atoms with Gasteiger partial charge >= 0.3 is 5.97 Å². The molecule has 0 saturated carbocycles. The number of nitrogens with zero attached hydrogens (tertiary/aromatic N) is 1. The molecule has 2 rings (SSSR count). The van der Waals surface area contributed by atoms with Crippen LogP contribution in [0.1, 0.15) is 32.3 Å². The molecule has 1 aliphatic rings. The number of esters is 1. The Morgan fingerprint density at radius 3 is 2.69 bits per heavy atom. The van der Waals surface area contributed by atoms with Crippen LogP contribution in [0.5, 0.6) is 11.5 Å². The molecule has 0 aliphatic carbocycles. The Kier molecular flexibility index (Phi) is 6.16. The molecule has 1 aromatic rings. The second kappa shape index (κ2) is 8.15. The first kappa shape index (κ1) is 19.7. The summed E-state index contributed by atoms with van der Waals surface area (Å²) in [6.07, 6.45) is 0. The van der Waals surface area contributed by atoms with Gasteiger partial charge in [0.2, 0.25) is 5.88 Å². The smallest absolute Gasteiger partial charge is 0.338 e. The molecule has 8 heteroatoms. The van der Waals surface area contributed by atoms with Crippen LogP contribution in [0.2, 0.25) is 0 Å². The summed E-state index contributed by atoms with van der Waals surface area (Å²) in [4.78, 5) is 12.5. The van der Waals surface area contributed by atoms with Crippen molar-refractivity contribution in [1.82, 2.24) is 0 Å².